The molecule has 26 heavy (non-hydrogen) atoms. The van der Waals surface area contributed by atoms with Gasteiger partial charge in [0.2, 0.25) is 0 Å². The molecule has 0 amide bonds. The fourth-order valence-corrected chi connectivity index (χ4v) is 4.90. The van der Waals surface area contributed by atoms with Crippen LogP contribution in [0.3, 0.4) is 0 Å². The van der Waals surface area contributed by atoms with Crippen LogP contribution in [0.15, 0.2) is 24.3 Å². The summed E-state index contributed by atoms with van der Waals surface area (Å²) >= 11 is 6.77. The van der Waals surface area contributed by atoms with Crippen molar-refractivity contribution in [3.63, 3.8) is 0 Å². The van der Waals surface area contributed by atoms with Crippen LogP contribution in [-0.4, -0.2) is 42.6 Å². The Morgan fingerprint density at radius 3 is 2.46 bits per heavy atom. The summed E-state index contributed by atoms with van der Waals surface area (Å²) in [6.45, 7) is 5.49. The van der Waals surface area contributed by atoms with E-state index in [-0.39, 0.29) is 5.41 Å². The number of aryl methyl sites for hydroxylation is 1. The number of nitrogens with one attached hydrogen (secondary N) is 1. The number of fused-ring (bicyclic) bond motifs is 1. The number of hydrogen-bond donors (Lipinski definition) is 1. The standard InChI is InChI=1S/C20H25ClN4O/c21-17-18(23-25-10-2-9-22-19(17)25)20(7-1-8-20)15-3-5-16(6-4-15)24-11-13-26-14-12-24/h3-6,22H,1-2,7-14H2. The second-order valence-corrected chi connectivity index (χ2v) is 7.97. The second-order valence-electron chi connectivity index (χ2n) is 7.60. The third kappa shape index (κ3) is 2.52. The molecule has 0 unspecified atom stereocenters. The molecule has 5 rings (SSSR count). The van der Waals surface area contributed by atoms with Crippen molar-refractivity contribution in [2.45, 2.75) is 37.6 Å². The summed E-state index contributed by atoms with van der Waals surface area (Å²) in [6, 6.07) is 9.07. The van der Waals surface area contributed by atoms with Gasteiger partial charge in [0.15, 0.2) is 0 Å². The van der Waals surface area contributed by atoms with Crippen LogP contribution < -0.4 is 10.2 Å². The van der Waals surface area contributed by atoms with Crippen LogP contribution in [0.5, 0.6) is 0 Å². The highest BCUT2D eigenvalue weighted by Crippen LogP contribution is 2.52. The SMILES string of the molecule is Clc1c(C2(c3ccc(N4CCOCC4)cc3)CCC2)nn2c1NCCC2. The fraction of sp³-hybridized carbons (Fsp3) is 0.550. The Balaban J connectivity index is 1.48. The Hall–Kier alpha value is -1.72. The Labute approximate surface area is 159 Å². The third-order valence-electron chi connectivity index (χ3n) is 6.19. The van der Waals surface area contributed by atoms with Gasteiger partial charge in [-0.25, -0.2) is 4.68 Å². The highest BCUT2D eigenvalue weighted by molar-refractivity contribution is 6.33. The topological polar surface area (TPSA) is 42.3 Å². The van der Waals surface area contributed by atoms with Crippen molar-refractivity contribution >= 4 is 23.1 Å². The average Bonchev–Trinajstić information content (AvgIpc) is 3.00. The van der Waals surface area contributed by atoms with E-state index in [0.29, 0.717) is 0 Å². The van der Waals surface area contributed by atoms with Gasteiger partial charge in [-0.1, -0.05) is 30.2 Å². The summed E-state index contributed by atoms with van der Waals surface area (Å²) in [5.41, 5.74) is 3.67. The Bertz CT molecular complexity index is 791. The maximum atomic E-state index is 6.77. The predicted octanol–water partition coefficient (Wildman–Crippen LogP) is 3.66. The lowest BCUT2D eigenvalue weighted by Gasteiger charge is -2.41. The zero-order valence-electron chi connectivity index (χ0n) is 15.0. The van der Waals surface area contributed by atoms with Gasteiger partial charge in [0.1, 0.15) is 10.8 Å². The van der Waals surface area contributed by atoms with Crippen molar-refractivity contribution in [1.82, 2.24) is 9.78 Å². The summed E-state index contributed by atoms with van der Waals surface area (Å²) in [5, 5.41) is 9.17. The van der Waals surface area contributed by atoms with Crippen LogP contribution in [0.1, 0.15) is 36.9 Å². The largest absolute Gasteiger partial charge is 0.378 e. The minimum Gasteiger partial charge on any atom is -0.378 e. The van der Waals surface area contributed by atoms with Crippen LogP contribution >= 0.6 is 11.6 Å². The van der Waals surface area contributed by atoms with Crippen LogP contribution in [0, 0.1) is 0 Å². The Morgan fingerprint density at radius 2 is 1.81 bits per heavy atom. The van der Waals surface area contributed by atoms with Gasteiger partial charge in [0.25, 0.3) is 0 Å². The first-order valence-electron chi connectivity index (χ1n) is 9.72. The molecule has 6 heteroatoms. The lowest BCUT2D eigenvalue weighted by Crippen LogP contribution is -2.37. The van der Waals surface area contributed by atoms with E-state index in [1.807, 2.05) is 0 Å². The van der Waals surface area contributed by atoms with Crippen LogP contribution in [0.2, 0.25) is 5.02 Å². The first-order valence-corrected chi connectivity index (χ1v) is 10.1. The van der Waals surface area contributed by atoms with E-state index in [0.717, 1.165) is 75.2 Å². The molecule has 5 nitrogen and oxygen atoms in total. The number of aromatic nitrogens is 2. The molecule has 0 bridgehead atoms. The highest BCUT2D eigenvalue weighted by atomic mass is 35.5. The summed E-state index contributed by atoms with van der Waals surface area (Å²) in [4.78, 5) is 2.40. The molecular formula is C20H25ClN4O. The first kappa shape index (κ1) is 16.5. The summed E-state index contributed by atoms with van der Waals surface area (Å²) in [5.74, 6) is 1.00. The molecule has 1 aromatic carbocycles. The number of morpholine rings is 1. The number of benzene rings is 1. The fourth-order valence-electron chi connectivity index (χ4n) is 4.52. The Morgan fingerprint density at radius 1 is 1.04 bits per heavy atom. The van der Waals surface area contributed by atoms with Gasteiger partial charge in [-0.05, 0) is 37.0 Å². The van der Waals surface area contributed by atoms with Gasteiger partial charge in [-0.15, -0.1) is 0 Å². The number of anilines is 2. The lowest BCUT2D eigenvalue weighted by molar-refractivity contribution is 0.122. The van der Waals surface area contributed by atoms with Crippen molar-refractivity contribution in [1.29, 1.82) is 0 Å². The second kappa shape index (κ2) is 6.46. The van der Waals surface area contributed by atoms with E-state index in [1.54, 1.807) is 0 Å². The number of halogens is 1. The van der Waals surface area contributed by atoms with Gasteiger partial charge < -0.3 is 15.0 Å². The van der Waals surface area contributed by atoms with E-state index < -0.39 is 0 Å². The van der Waals surface area contributed by atoms with Crippen molar-refractivity contribution in [2.75, 3.05) is 43.1 Å². The summed E-state index contributed by atoms with van der Waals surface area (Å²) < 4.78 is 7.52. The van der Waals surface area contributed by atoms with Gasteiger partial charge in [-0.3, -0.25) is 0 Å². The molecule has 2 aliphatic heterocycles. The van der Waals surface area contributed by atoms with Gasteiger partial charge >= 0.3 is 0 Å². The maximum Gasteiger partial charge on any atom is 0.143 e. The van der Waals surface area contributed by atoms with Crippen molar-refractivity contribution in [3.8, 4) is 0 Å². The molecule has 3 aliphatic rings. The minimum absolute atomic E-state index is 0.0212. The summed E-state index contributed by atoms with van der Waals surface area (Å²) in [7, 11) is 0. The average molecular weight is 373 g/mol. The molecule has 1 saturated heterocycles. The molecule has 138 valence electrons. The van der Waals surface area contributed by atoms with Crippen LogP contribution in [-0.2, 0) is 16.7 Å². The van der Waals surface area contributed by atoms with Gasteiger partial charge in [-0.2, -0.15) is 5.10 Å². The highest BCUT2D eigenvalue weighted by Gasteiger charge is 2.45. The monoisotopic (exact) mass is 372 g/mol. The third-order valence-corrected chi connectivity index (χ3v) is 6.55. The molecule has 1 N–H and O–H groups in total. The number of rotatable bonds is 3. The molecule has 1 saturated carbocycles. The minimum atomic E-state index is -0.0212. The maximum absolute atomic E-state index is 6.77. The number of nitrogens with zero attached hydrogens (tertiary/aromatic N) is 3. The Kier molecular flexibility index (Phi) is 4.09. The molecule has 1 aromatic heterocycles. The van der Waals surface area contributed by atoms with Gasteiger partial charge in [0, 0.05) is 37.3 Å². The van der Waals surface area contributed by atoms with Crippen molar-refractivity contribution in [2.24, 2.45) is 0 Å². The van der Waals surface area contributed by atoms with E-state index in [9.17, 15) is 0 Å². The molecule has 0 spiro atoms. The molecule has 2 fully saturated rings. The van der Waals surface area contributed by atoms with E-state index in [4.69, 9.17) is 21.4 Å². The van der Waals surface area contributed by atoms with E-state index in [1.165, 1.54) is 17.7 Å². The number of ether oxygens (including phenoxy) is 1. The van der Waals surface area contributed by atoms with E-state index >= 15 is 0 Å². The van der Waals surface area contributed by atoms with Crippen LogP contribution in [0.25, 0.3) is 0 Å². The van der Waals surface area contributed by atoms with Crippen LogP contribution in [0.4, 0.5) is 11.5 Å². The van der Waals surface area contributed by atoms with Crippen molar-refractivity contribution in [3.05, 3.63) is 40.5 Å². The first-order chi connectivity index (χ1) is 12.8. The molecule has 3 heterocycles. The molecule has 2 aromatic rings. The molecular weight excluding hydrogens is 348 g/mol. The normalized spacial score (nSPS) is 21.7. The lowest BCUT2D eigenvalue weighted by atomic mass is 9.62. The van der Waals surface area contributed by atoms with Crippen molar-refractivity contribution < 1.29 is 4.74 Å². The number of hydrogen-bond acceptors (Lipinski definition) is 4. The smallest absolute Gasteiger partial charge is 0.143 e. The van der Waals surface area contributed by atoms with E-state index in [2.05, 4.69) is 39.2 Å². The zero-order chi connectivity index (χ0) is 17.6. The van der Waals surface area contributed by atoms with Gasteiger partial charge in [0.05, 0.1) is 18.9 Å². The molecule has 1 aliphatic carbocycles. The zero-order valence-corrected chi connectivity index (χ0v) is 15.8. The predicted molar refractivity (Wildman–Crippen MR) is 104 cm³/mol. The summed E-state index contributed by atoms with van der Waals surface area (Å²) in [6.07, 6.45) is 4.59. The quantitative estimate of drug-likeness (QED) is 0.892. The molecule has 0 atom stereocenters. The molecule has 0 radical (unpaired) electrons.